The zero-order valence-electron chi connectivity index (χ0n) is 5.04. The van der Waals surface area contributed by atoms with E-state index in [1.165, 1.54) is 0 Å². The monoisotopic (exact) mass is 118 g/mol. The summed E-state index contributed by atoms with van der Waals surface area (Å²) in [5, 5.41) is 0. The highest BCUT2D eigenvalue weighted by Crippen LogP contribution is 2.05. The molecule has 1 aromatic rings. The SMILES string of the molecule is [CH]=Cc1ccc(N)cc1. The fourth-order valence-electron chi connectivity index (χ4n) is 0.607. The molecule has 0 fully saturated rings. The summed E-state index contributed by atoms with van der Waals surface area (Å²) in [6.45, 7) is 5.23. The van der Waals surface area contributed by atoms with Gasteiger partial charge >= 0.3 is 0 Å². The Bertz CT molecular complexity index is 198. The molecular weight excluding hydrogens is 110 g/mol. The van der Waals surface area contributed by atoms with Gasteiger partial charge in [-0.15, -0.1) is 0 Å². The number of nitrogens with two attached hydrogens (primary N) is 1. The van der Waals surface area contributed by atoms with Gasteiger partial charge in [0, 0.05) is 5.69 Å². The number of anilines is 1. The molecule has 9 heavy (non-hydrogen) atoms. The van der Waals surface area contributed by atoms with Crippen molar-refractivity contribution in [3.8, 4) is 0 Å². The van der Waals surface area contributed by atoms with Crippen LogP contribution < -0.4 is 5.73 Å². The van der Waals surface area contributed by atoms with E-state index in [2.05, 4.69) is 0 Å². The van der Waals surface area contributed by atoms with Crippen molar-refractivity contribution in [3.63, 3.8) is 0 Å². The molecule has 0 saturated heterocycles. The number of benzene rings is 1. The zero-order chi connectivity index (χ0) is 6.69. The smallest absolute Gasteiger partial charge is 0.0314 e. The molecule has 0 aliphatic heterocycles. The van der Waals surface area contributed by atoms with Gasteiger partial charge in [0.1, 0.15) is 0 Å². The molecule has 1 rings (SSSR count). The Hall–Kier alpha value is -1.24. The first-order chi connectivity index (χ1) is 4.33. The predicted octanol–water partition coefficient (Wildman–Crippen LogP) is 1.71. The average Bonchev–Trinajstić information content (AvgIpc) is 1.90. The van der Waals surface area contributed by atoms with Gasteiger partial charge in [-0.25, -0.2) is 0 Å². The maximum atomic E-state index is 5.43. The fraction of sp³-hybridized carbons (Fsp3) is 0. The van der Waals surface area contributed by atoms with Gasteiger partial charge in [-0.1, -0.05) is 24.8 Å². The largest absolute Gasteiger partial charge is 0.399 e. The van der Waals surface area contributed by atoms with Gasteiger partial charge in [-0.05, 0) is 17.7 Å². The molecule has 45 valence electrons. The molecule has 0 bridgehead atoms. The number of hydrogen-bond acceptors (Lipinski definition) is 1. The maximum Gasteiger partial charge on any atom is 0.0314 e. The second kappa shape index (κ2) is 2.35. The van der Waals surface area contributed by atoms with Crippen LogP contribution in [0, 0.1) is 6.58 Å². The van der Waals surface area contributed by atoms with Crippen LogP contribution in [0.5, 0.6) is 0 Å². The molecule has 0 aliphatic rings. The molecule has 0 amide bonds. The lowest BCUT2D eigenvalue weighted by Gasteiger charge is -1.91. The molecule has 1 radical (unpaired) electrons. The van der Waals surface area contributed by atoms with Crippen molar-refractivity contribution in [1.29, 1.82) is 0 Å². The van der Waals surface area contributed by atoms with Gasteiger partial charge in [-0.3, -0.25) is 0 Å². The molecule has 1 aromatic carbocycles. The van der Waals surface area contributed by atoms with Gasteiger partial charge in [0.15, 0.2) is 0 Å². The van der Waals surface area contributed by atoms with Crippen molar-refractivity contribution < 1.29 is 0 Å². The standard InChI is InChI=1S/C8H8N/c1-2-7-3-5-8(9)6-4-7/h1-6H,9H2. The van der Waals surface area contributed by atoms with Gasteiger partial charge in [-0.2, -0.15) is 0 Å². The van der Waals surface area contributed by atoms with Gasteiger partial charge in [0.05, 0.1) is 0 Å². The summed E-state index contributed by atoms with van der Waals surface area (Å²) < 4.78 is 0. The highest BCUT2D eigenvalue weighted by molar-refractivity contribution is 5.50. The first kappa shape index (κ1) is 5.89. The van der Waals surface area contributed by atoms with E-state index in [4.69, 9.17) is 12.3 Å². The third-order valence-electron chi connectivity index (χ3n) is 1.13. The summed E-state index contributed by atoms with van der Waals surface area (Å²) >= 11 is 0. The van der Waals surface area contributed by atoms with E-state index in [9.17, 15) is 0 Å². The summed E-state index contributed by atoms with van der Waals surface area (Å²) in [4.78, 5) is 0. The molecule has 0 heterocycles. The maximum absolute atomic E-state index is 5.43. The van der Waals surface area contributed by atoms with Crippen molar-refractivity contribution in [3.05, 3.63) is 36.4 Å². The lowest BCUT2D eigenvalue weighted by Crippen LogP contribution is -1.81. The van der Waals surface area contributed by atoms with E-state index in [1.807, 2.05) is 24.3 Å². The summed E-state index contributed by atoms with van der Waals surface area (Å²) in [6.07, 6.45) is 1.54. The molecule has 1 nitrogen and oxygen atoms in total. The molecule has 1 heteroatoms. The van der Waals surface area contributed by atoms with Crippen LogP contribution in [0.4, 0.5) is 5.69 Å². The van der Waals surface area contributed by atoms with Crippen LogP contribution in [0.15, 0.2) is 24.3 Å². The Morgan fingerprint density at radius 1 is 1.22 bits per heavy atom. The second-order valence-electron chi connectivity index (χ2n) is 1.83. The average molecular weight is 118 g/mol. The Kier molecular flexibility index (Phi) is 1.54. The molecule has 0 aromatic heterocycles. The molecule has 0 unspecified atom stereocenters. The first-order valence-electron chi connectivity index (χ1n) is 2.73. The third kappa shape index (κ3) is 1.32. The highest BCUT2D eigenvalue weighted by Gasteiger charge is 1.82. The minimum Gasteiger partial charge on any atom is -0.399 e. The van der Waals surface area contributed by atoms with E-state index in [-0.39, 0.29) is 0 Å². The quantitative estimate of drug-likeness (QED) is 0.558. The van der Waals surface area contributed by atoms with Crippen LogP contribution in [-0.4, -0.2) is 0 Å². The summed E-state index contributed by atoms with van der Waals surface area (Å²) in [7, 11) is 0. The van der Waals surface area contributed by atoms with Crippen LogP contribution in [0.1, 0.15) is 5.56 Å². The van der Waals surface area contributed by atoms with Gasteiger partial charge in [0.25, 0.3) is 0 Å². The molecule has 0 spiro atoms. The number of hydrogen-bond donors (Lipinski definition) is 1. The lowest BCUT2D eigenvalue weighted by atomic mass is 10.2. The molecule has 0 atom stereocenters. The van der Waals surface area contributed by atoms with Gasteiger partial charge in [0.2, 0.25) is 0 Å². The lowest BCUT2D eigenvalue weighted by molar-refractivity contribution is 1.65. The Balaban J connectivity index is 3.01. The summed E-state index contributed by atoms with van der Waals surface area (Å²) in [5.41, 5.74) is 7.18. The normalized spacial score (nSPS) is 8.89. The molecule has 0 aliphatic carbocycles. The van der Waals surface area contributed by atoms with Gasteiger partial charge < -0.3 is 5.73 Å². The number of nitrogen functional groups attached to an aromatic ring is 1. The van der Waals surface area contributed by atoms with Crippen molar-refractivity contribution in [2.45, 2.75) is 0 Å². The predicted molar refractivity (Wildman–Crippen MR) is 39.6 cm³/mol. The van der Waals surface area contributed by atoms with E-state index < -0.39 is 0 Å². The van der Waals surface area contributed by atoms with E-state index >= 15 is 0 Å². The van der Waals surface area contributed by atoms with Crippen LogP contribution in [0.25, 0.3) is 6.08 Å². The van der Waals surface area contributed by atoms with Crippen LogP contribution in [0.2, 0.25) is 0 Å². The Morgan fingerprint density at radius 3 is 2.22 bits per heavy atom. The Morgan fingerprint density at radius 2 is 1.78 bits per heavy atom. The van der Waals surface area contributed by atoms with Crippen LogP contribution in [0.3, 0.4) is 0 Å². The van der Waals surface area contributed by atoms with Crippen molar-refractivity contribution in [2.75, 3.05) is 5.73 Å². The summed E-state index contributed by atoms with van der Waals surface area (Å²) in [6, 6.07) is 7.38. The van der Waals surface area contributed by atoms with E-state index in [0.29, 0.717) is 0 Å². The van der Waals surface area contributed by atoms with Crippen molar-refractivity contribution in [1.82, 2.24) is 0 Å². The van der Waals surface area contributed by atoms with Crippen LogP contribution in [-0.2, 0) is 0 Å². The fourth-order valence-corrected chi connectivity index (χ4v) is 0.607. The first-order valence-corrected chi connectivity index (χ1v) is 2.73. The minimum absolute atomic E-state index is 0.764. The molecule has 2 N–H and O–H groups in total. The Labute approximate surface area is 54.8 Å². The third-order valence-corrected chi connectivity index (χ3v) is 1.13. The highest BCUT2D eigenvalue weighted by atomic mass is 14.5. The second-order valence-corrected chi connectivity index (χ2v) is 1.83. The van der Waals surface area contributed by atoms with Crippen molar-refractivity contribution in [2.24, 2.45) is 0 Å². The van der Waals surface area contributed by atoms with E-state index in [1.54, 1.807) is 6.08 Å². The minimum atomic E-state index is 0.764. The van der Waals surface area contributed by atoms with Crippen LogP contribution >= 0.6 is 0 Å². The van der Waals surface area contributed by atoms with Crippen molar-refractivity contribution >= 4 is 11.8 Å². The molecule has 0 saturated carbocycles. The van der Waals surface area contributed by atoms with E-state index in [0.717, 1.165) is 11.3 Å². The summed E-state index contributed by atoms with van der Waals surface area (Å²) in [5.74, 6) is 0. The zero-order valence-corrected chi connectivity index (χ0v) is 5.04. The number of rotatable bonds is 1. The molecular formula is C8H8N. The topological polar surface area (TPSA) is 26.0 Å².